The van der Waals surface area contributed by atoms with Crippen molar-refractivity contribution < 1.29 is 9.53 Å². The minimum atomic E-state index is -0.555. The fourth-order valence-corrected chi connectivity index (χ4v) is 3.61. The van der Waals surface area contributed by atoms with E-state index in [1.54, 1.807) is 23.5 Å². The Hall–Kier alpha value is -1.28. The number of nitrogens with zero attached hydrogens (tertiary/aromatic N) is 1. The maximum Gasteiger partial charge on any atom is 0.167 e. The number of imidazole rings is 1. The zero-order valence-electron chi connectivity index (χ0n) is 12.6. The smallest absolute Gasteiger partial charge is 0.167 e. The lowest BCUT2D eigenvalue weighted by molar-refractivity contribution is -0.109. The number of hydrogen-bond donors (Lipinski definition) is 1. The zero-order valence-corrected chi connectivity index (χ0v) is 16.7. The van der Waals surface area contributed by atoms with E-state index < -0.39 is 11.8 Å². The number of carbonyl (C=O) groups excluding carboxylic acids is 1. The molecule has 2 aromatic heterocycles. The van der Waals surface area contributed by atoms with Gasteiger partial charge in [-0.25, -0.2) is 4.98 Å². The van der Waals surface area contributed by atoms with Crippen molar-refractivity contribution in [2.45, 2.75) is 11.8 Å². The van der Waals surface area contributed by atoms with E-state index in [0.717, 1.165) is 22.9 Å². The summed E-state index contributed by atoms with van der Waals surface area (Å²) in [4.78, 5) is 19.5. The Morgan fingerprint density at radius 2 is 2.08 bits per heavy atom. The summed E-state index contributed by atoms with van der Waals surface area (Å²) < 4.78 is 5.26. The van der Waals surface area contributed by atoms with E-state index in [2.05, 4.69) is 9.97 Å². The molecule has 0 saturated heterocycles. The number of halogens is 2. The summed E-state index contributed by atoms with van der Waals surface area (Å²) in [5.41, 5.74) is 2.61. The molecule has 1 N–H and O–H groups in total. The van der Waals surface area contributed by atoms with Gasteiger partial charge in [0.2, 0.25) is 0 Å². The van der Waals surface area contributed by atoms with Crippen molar-refractivity contribution in [3.63, 3.8) is 0 Å². The van der Waals surface area contributed by atoms with Gasteiger partial charge in [0, 0.05) is 15.8 Å². The Balaban J connectivity index is 0.00000208. The van der Waals surface area contributed by atoms with Crippen LogP contribution in [-0.4, -0.2) is 28.4 Å². The molecule has 3 rings (SSSR count). The van der Waals surface area contributed by atoms with Crippen LogP contribution in [0.4, 0.5) is 0 Å². The molecule has 0 bridgehead atoms. The molecule has 4 nitrogen and oxygen atoms in total. The molecule has 0 aliphatic carbocycles. The van der Waals surface area contributed by atoms with Gasteiger partial charge >= 0.3 is 0 Å². The van der Waals surface area contributed by atoms with E-state index in [0.29, 0.717) is 15.9 Å². The van der Waals surface area contributed by atoms with Gasteiger partial charge < -0.3 is 14.5 Å². The normalized spacial score (nSPS) is 13.1. The first-order valence-electron chi connectivity index (χ1n) is 6.84. The van der Waals surface area contributed by atoms with Crippen molar-refractivity contribution in [2.75, 3.05) is 7.11 Å². The number of nitrogens with one attached hydrogen (secondary N) is 1. The highest BCUT2D eigenvalue weighted by atomic mass is 79.9. The Labute approximate surface area is 164 Å². The fourth-order valence-electron chi connectivity index (χ4n) is 2.51. The second kappa shape index (κ2) is 8.20. The number of hydrogen-bond acceptors (Lipinski definition) is 5. The van der Waals surface area contributed by atoms with Gasteiger partial charge in [-0.3, -0.25) is 0 Å². The maximum atomic E-state index is 11.8. The molecule has 24 heavy (non-hydrogen) atoms. The lowest BCUT2D eigenvalue weighted by Gasteiger charge is -2.22. The number of thiocarbonyl (C=S) groups is 1. The number of ether oxygens (including phenoxy) is 1. The van der Waals surface area contributed by atoms with Crippen molar-refractivity contribution in [3.05, 3.63) is 51.4 Å². The van der Waals surface area contributed by atoms with Crippen LogP contribution < -0.4 is 0 Å². The van der Waals surface area contributed by atoms with E-state index in [9.17, 15) is 4.79 Å². The molecule has 0 spiro atoms. The molecule has 0 amide bonds. The minimum absolute atomic E-state index is 0. The van der Waals surface area contributed by atoms with Gasteiger partial charge in [-0.1, -0.05) is 23.7 Å². The molecule has 1 aromatic carbocycles. The average molecular weight is 446 g/mol. The zero-order chi connectivity index (χ0) is 16.4. The number of fused-ring (bicyclic) bond motifs is 1. The molecule has 2 unspecified atom stereocenters. The number of thiophene rings is 1. The molecule has 126 valence electrons. The van der Waals surface area contributed by atoms with Gasteiger partial charge in [-0.05, 0) is 29.9 Å². The van der Waals surface area contributed by atoms with Crippen LogP contribution in [0.25, 0.3) is 11.0 Å². The van der Waals surface area contributed by atoms with E-state index in [1.807, 2.05) is 22.9 Å². The molecule has 0 aliphatic rings. The van der Waals surface area contributed by atoms with Gasteiger partial charge in [0.15, 0.2) is 5.05 Å². The standard InChI is InChI=1S/C16H13ClN2O2S2.BrH/c1-21-16(22)14(9-2-4-10(17)5-3-9)11(6-20)15-18-12-7-23-8-13(12)19-15;/h2-8,11,14H,1H3,(H,18,19);1H. The summed E-state index contributed by atoms with van der Waals surface area (Å²) >= 11 is 12.8. The molecule has 2 atom stereocenters. The number of benzene rings is 1. The Bertz CT molecular complexity index is 819. The average Bonchev–Trinajstić information content (AvgIpc) is 3.14. The van der Waals surface area contributed by atoms with Crippen LogP contribution in [0.2, 0.25) is 5.02 Å². The quantitative estimate of drug-likeness (QED) is 0.448. The number of H-pyrrole nitrogens is 1. The number of aromatic amines is 1. The molecule has 0 saturated carbocycles. The lowest BCUT2D eigenvalue weighted by Crippen LogP contribution is -2.22. The van der Waals surface area contributed by atoms with Crippen molar-refractivity contribution in [2.24, 2.45) is 0 Å². The second-order valence-corrected chi connectivity index (χ2v) is 6.59. The molecule has 0 fully saturated rings. The number of rotatable bonds is 5. The first-order chi connectivity index (χ1) is 11.1. The predicted octanol–water partition coefficient (Wildman–Crippen LogP) is 4.90. The van der Waals surface area contributed by atoms with E-state index in [4.69, 9.17) is 28.6 Å². The summed E-state index contributed by atoms with van der Waals surface area (Å²) in [5, 5.41) is 4.85. The number of carbonyl (C=O) groups is 1. The van der Waals surface area contributed by atoms with Crippen molar-refractivity contribution in [1.82, 2.24) is 9.97 Å². The third-order valence-corrected chi connectivity index (χ3v) is 5.05. The lowest BCUT2D eigenvalue weighted by atomic mass is 9.87. The van der Waals surface area contributed by atoms with Crippen molar-refractivity contribution in [3.8, 4) is 0 Å². The van der Waals surface area contributed by atoms with Crippen molar-refractivity contribution >= 4 is 74.5 Å². The summed E-state index contributed by atoms with van der Waals surface area (Å²) in [6, 6.07) is 7.23. The highest BCUT2D eigenvalue weighted by molar-refractivity contribution is 8.93. The maximum absolute atomic E-state index is 11.8. The fraction of sp³-hybridized carbons (Fsp3) is 0.188. The van der Waals surface area contributed by atoms with Gasteiger partial charge in [0.25, 0.3) is 0 Å². The Kier molecular flexibility index (Phi) is 6.51. The van der Waals surface area contributed by atoms with Gasteiger partial charge in [0.1, 0.15) is 12.1 Å². The molecule has 3 aromatic rings. The molecule has 0 aliphatic heterocycles. The number of aromatic nitrogens is 2. The van der Waals surface area contributed by atoms with Crippen LogP contribution >= 0.6 is 52.1 Å². The largest absolute Gasteiger partial charge is 0.490 e. The van der Waals surface area contributed by atoms with Gasteiger partial charge in [0.05, 0.1) is 30.0 Å². The van der Waals surface area contributed by atoms with Crippen LogP contribution in [-0.2, 0) is 9.53 Å². The Morgan fingerprint density at radius 3 is 2.67 bits per heavy atom. The molecule has 2 heterocycles. The second-order valence-electron chi connectivity index (χ2n) is 5.01. The summed E-state index contributed by atoms with van der Waals surface area (Å²) in [5.74, 6) is -0.387. The van der Waals surface area contributed by atoms with E-state index in [1.165, 1.54) is 7.11 Å². The van der Waals surface area contributed by atoms with E-state index in [-0.39, 0.29) is 17.0 Å². The highest BCUT2D eigenvalue weighted by Gasteiger charge is 2.31. The number of methoxy groups -OCH3 is 1. The highest BCUT2D eigenvalue weighted by Crippen LogP contribution is 2.34. The van der Waals surface area contributed by atoms with Crippen LogP contribution in [0.15, 0.2) is 35.0 Å². The molecule has 8 heteroatoms. The van der Waals surface area contributed by atoms with Gasteiger partial charge in [-0.15, -0.1) is 28.3 Å². The first-order valence-corrected chi connectivity index (χ1v) is 8.57. The third-order valence-electron chi connectivity index (χ3n) is 3.65. The SMILES string of the molecule is Br.COC(=S)C(c1ccc(Cl)cc1)C(C=O)c1nc2cscc2[nH]1. The first kappa shape index (κ1) is 19.1. The van der Waals surface area contributed by atoms with E-state index >= 15 is 0 Å². The monoisotopic (exact) mass is 444 g/mol. The number of aldehydes is 1. The topological polar surface area (TPSA) is 55.0 Å². The van der Waals surface area contributed by atoms with Crippen LogP contribution in [0.5, 0.6) is 0 Å². The van der Waals surface area contributed by atoms with Crippen LogP contribution in [0, 0.1) is 0 Å². The van der Waals surface area contributed by atoms with Crippen LogP contribution in [0.3, 0.4) is 0 Å². The molecule has 0 radical (unpaired) electrons. The van der Waals surface area contributed by atoms with Gasteiger partial charge in [-0.2, -0.15) is 0 Å². The third kappa shape index (κ3) is 3.69. The Morgan fingerprint density at radius 1 is 1.38 bits per heavy atom. The van der Waals surface area contributed by atoms with Crippen molar-refractivity contribution in [1.29, 1.82) is 0 Å². The molecular weight excluding hydrogens is 432 g/mol. The minimum Gasteiger partial charge on any atom is -0.490 e. The molecular formula is C16H14BrClN2O2S2. The predicted molar refractivity (Wildman–Crippen MR) is 107 cm³/mol. The summed E-state index contributed by atoms with van der Waals surface area (Å²) in [7, 11) is 1.51. The summed E-state index contributed by atoms with van der Waals surface area (Å²) in [6.45, 7) is 0. The van der Waals surface area contributed by atoms with Crippen LogP contribution in [0.1, 0.15) is 23.2 Å². The summed E-state index contributed by atoms with van der Waals surface area (Å²) in [6.07, 6.45) is 0.853.